The van der Waals surface area contributed by atoms with Gasteiger partial charge in [0, 0.05) is 24.7 Å². The van der Waals surface area contributed by atoms with Gasteiger partial charge in [-0.25, -0.2) is 4.79 Å². The molecule has 1 amide bonds. The van der Waals surface area contributed by atoms with E-state index in [1.165, 1.54) is 6.07 Å². The highest BCUT2D eigenvalue weighted by atomic mass is 16.4. The van der Waals surface area contributed by atoms with Crippen molar-refractivity contribution < 1.29 is 14.7 Å². The lowest BCUT2D eigenvalue weighted by molar-refractivity contribution is -0.118. The molecule has 0 bridgehead atoms. The van der Waals surface area contributed by atoms with Crippen LogP contribution in [0.4, 0.5) is 5.69 Å². The van der Waals surface area contributed by atoms with Crippen molar-refractivity contribution in [3.8, 4) is 11.3 Å². The number of aromatic amines is 1. The number of rotatable bonds is 2. The predicted molar refractivity (Wildman–Crippen MR) is 72.7 cm³/mol. The molecule has 20 heavy (non-hydrogen) atoms. The normalized spacial score (nSPS) is 14.2. The van der Waals surface area contributed by atoms with Crippen molar-refractivity contribution in [2.45, 2.75) is 12.8 Å². The summed E-state index contributed by atoms with van der Waals surface area (Å²) in [6, 6.07) is 7.18. The fourth-order valence-electron chi connectivity index (χ4n) is 2.40. The van der Waals surface area contributed by atoms with Gasteiger partial charge in [0.25, 0.3) is 0 Å². The molecule has 6 heteroatoms. The summed E-state index contributed by atoms with van der Waals surface area (Å²) >= 11 is 0. The van der Waals surface area contributed by atoms with Crippen LogP contribution >= 0.6 is 0 Å². The molecule has 0 radical (unpaired) electrons. The quantitative estimate of drug-likeness (QED) is 0.870. The van der Waals surface area contributed by atoms with E-state index in [9.17, 15) is 9.59 Å². The van der Waals surface area contributed by atoms with Gasteiger partial charge in [-0.15, -0.1) is 0 Å². The van der Waals surface area contributed by atoms with Crippen molar-refractivity contribution >= 4 is 17.6 Å². The van der Waals surface area contributed by atoms with Gasteiger partial charge in [0.15, 0.2) is 0 Å². The Hall–Kier alpha value is -2.63. The minimum absolute atomic E-state index is 0.0602. The molecule has 1 aromatic carbocycles. The van der Waals surface area contributed by atoms with E-state index in [-0.39, 0.29) is 11.6 Å². The van der Waals surface area contributed by atoms with Crippen molar-refractivity contribution in [1.82, 2.24) is 10.2 Å². The lowest BCUT2D eigenvalue weighted by Crippen LogP contribution is -2.30. The van der Waals surface area contributed by atoms with Crippen molar-refractivity contribution in [1.29, 1.82) is 0 Å². The number of carbonyl (C=O) groups excluding carboxylic acids is 1. The summed E-state index contributed by atoms with van der Waals surface area (Å²) in [6.45, 7) is 0. The Morgan fingerprint density at radius 3 is 2.85 bits per heavy atom. The Bertz CT molecular complexity index is 705. The van der Waals surface area contributed by atoms with Gasteiger partial charge in [-0.05, 0) is 30.2 Å². The summed E-state index contributed by atoms with van der Waals surface area (Å²) in [6.07, 6.45) is 1.19. The maximum absolute atomic E-state index is 11.6. The first-order valence-corrected chi connectivity index (χ1v) is 6.25. The van der Waals surface area contributed by atoms with E-state index in [4.69, 9.17) is 5.11 Å². The maximum atomic E-state index is 11.6. The average molecular weight is 271 g/mol. The number of hydrogen-bond acceptors (Lipinski definition) is 3. The maximum Gasteiger partial charge on any atom is 0.353 e. The number of aryl methyl sites for hydroxylation is 1. The number of carboxylic acid groups (broad SMARTS) is 1. The third kappa shape index (κ3) is 1.95. The van der Waals surface area contributed by atoms with Crippen LogP contribution in [0.5, 0.6) is 0 Å². The number of nitrogens with zero attached hydrogens (tertiary/aromatic N) is 2. The van der Waals surface area contributed by atoms with Crippen LogP contribution in [-0.2, 0) is 11.2 Å². The Kier molecular flexibility index (Phi) is 2.78. The highest BCUT2D eigenvalue weighted by Crippen LogP contribution is 2.30. The molecule has 1 aromatic heterocycles. The van der Waals surface area contributed by atoms with Gasteiger partial charge >= 0.3 is 5.97 Å². The first-order chi connectivity index (χ1) is 9.56. The van der Waals surface area contributed by atoms with Crippen LogP contribution in [0, 0.1) is 0 Å². The molecule has 102 valence electrons. The number of benzene rings is 1. The molecule has 2 N–H and O–H groups in total. The van der Waals surface area contributed by atoms with Gasteiger partial charge in [0.05, 0.1) is 5.69 Å². The molecule has 3 rings (SSSR count). The fraction of sp³-hybridized carbons (Fsp3) is 0.214. The zero-order valence-electron chi connectivity index (χ0n) is 10.9. The van der Waals surface area contributed by atoms with Crippen molar-refractivity contribution in [3.05, 3.63) is 35.5 Å². The molecule has 0 spiro atoms. The number of aromatic carboxylic acids is 1. The minimum atomic E-state index is -1.04. The van der Waals surface area contributed by atoms with E-state index in [2.05, 4.69) is 10.2 Å². The summed E-state index contributed by atoms with van der Waals surface area (Å²) in [5.74, 6) is -0.926. The molecule has 0 unspecified atom stereocenters. The molecule has 0 atom stereocenters. The molecular formula is C14H13N3O3. The Morgan fingerprint density at radius 2 is 2.15 bits per heavy atom. The number of amides is 1. The van der Waals surface area contributed by atoms with Gasteiger partial charge in [-0.2, -0.15) is 5.10 Å². The van der Waals surface area contributed by atoms with Gasteiger partial charge in [-0.1, -0.05) is 6.07 Å². The van der Waals surface area contributed by atoms with Gasteiger partial charge in [0.1, 0.15) is 5.69 Å². The Labute approximate surface area is 115 Å². The third-order valence-corrected chi connectivity index (χ3v) is 3.53. The monoisotopic (exact) mass is 271 g/mol. The molecule has 0 saturated carbocycles. The van der Waals surface area contributed by atoms with Crippen LogP contribution < -0.4 is 4.90 Å². The fourth-order valence-corrected chi connectivity index (χ4v) is 2.40. The number of hydrogen-bond donors (Lipinski definition) is 2. The highest BCUT2D eigenvalue weighted by Gasteiger charge is 2.21. The summed E-state index contributed by atoms with van der Waals surface area (Å²) in [5.41, 5.74) is 3.47. The number of nitrogens with one attached hydrogen (secondary N) is 1. The SMILES string of the molecule is CN1C(=O)CCc2cc(-c3cc(C(=O)O)[nH]n3)ccc21. The average Bonchev–Trinajstić information content (AvgIpc) is 2.92. The van der Waals surface area contributed by atoms with E-state index in [0.29, 0.717) is 18.5 Å². The third-order valence-electron chi connectivity index (χ3n) is 3.53. The number of H-pyrrole nitrogens is 1. The zero-order chi connectivity index (χ0) is 14.3. The summed E-state index contributed by atoms with van der Waals surface area (Å²) in [5, 5.41) is 15.4. The minimum Gasteiger partial charge on any atom is -0.477 e. The van der Waals surface area contributed by atoms with Crippen LogP contribution in [0.2, 0.25) is 0 Å². The summed E-state index contributed by atoms with van der Waals surface area (Å²) in [4.78, 5) is 24.1. The van der Waals surface area contributed by atoms with E-state index in [0.717, 1.165) is 16.8 Å². The van der Waals surface area contributed by atoms with E-state index >= 15 is 0 Å². The van der Waals surface area contributed by atoms with Crippen molar-refractivity contribution in [2.75, 3.05) is 11.9 Å². The molecule has 0 aliphatic carbocycles. The zero-order valence-corrected chi connectivity index (χ0v) is 10.9. The Balaban J connectivity index is 2.00. The predicted octanol–water partition coefficient (Wildman–Crippen LogP) is 1.68. The van der Waals surface area contributed by atoms with Crippen LogP contribution in [0.1, 0.15) is 22.5 Å². The van der Waals surface area contributed by atoms with E-state index in [1.807, 2.05) is 18.2 Å². The number of fused-ring (bicyclic) bond motifs is 1. The van der Waals surface area contributed by atoms with Crippen molar-refractivity contribution in [3.63, 3.8) is 0 Å². The molecule has 0 saturated heterocycles. The van der Waals surface area contributed by atoms with Crippen LogP contribution in [0.25, 0.3) is 11.3 Å². The molecule has 2 heterocycles. The van der Waals surface area contributed by atoms with Gasteiger partial charge in [0.2, 0.25) is 5.91 Å². The number of carbonyl (C=O) groups is 2. The molecule has 6 nitrogen and oxygen atoms in total. The number of anilines is 1. The molecule has 1 aliphatic heterocycles. The number of aromatic nitrogens is 2. The molecular weight excluding hydrogens is 258 g/mol. The molecule has 0 fully saturated rings. The molecule has 2 aromatic rings. The van der Waals surface area contributed by atoms with Crippen LogP contribution in [-0.4, -0.2) is 34.2 Å². The first-order valence-electron chi connectivity index (χ1n) is 6.25. The standard InChI is InChI=1S/C14H13N3O3/c1-17-12-4-2-8(6-9(12)3-5-13(17)18)10-7-11(14(19)20)16-15-10/h2,4,6-7H,3,5H2,1H3,(H,15,16)(H,19,20). The lowest BCUT2D eigenvalue weighted by Gasteiger charge is -2.25. The summed E-state index contributed by atoms with van der Waals surface area (Å²) in [7, 11) is 1.76. The smallest absolute Gasteiger partial charge is 0.353 e. The van der Waals surface area contributed by atoms with Crippen LogP contribution in [0.15, 0.2) is 24.3 Å². The highest BCUT2D eigenvalue weighted by molar-refractivity contribution is 5.96. The number of carboxylic acids is 1. The molecule has 1 aliphatic rings. The topological polar surface area (TPSA) is 86.3 Å². The lowest BCUT2D eigenvalue weighted by atomic mass is 9.98. The van der Waals surface area contributed by atoms with Crippen LogP contribution in [0.3, 0.4) is 0 Å². The second-order valence-electron chi connectivity index (χ2n) is 4.77. The second kappa shape index (κ2) is 4.48. The van der Waals surface area contributed by atoms with E-state index < -0.39 is 5.97 Å². The van der Waals surface area contributed by atoms with Gasteiger partial charge < -0.3 is 10.0 Å². The second-order valence-corrected chi connectivity index (χ2v) is 4.77. The summed E-state index contributed by atoms with van der Waals surface area (Å²) < 4.78 is 0. The van der Waals surface area contributed by atoms with Crippen molar-refractivity contribution in [2.24, 2.45) is 0 Å². The largest absolute Gasteiger partial charge is 0.477 e. The Morgan fingerprint density at radius 1 is 1.35 bits per heavy atom. The van der Waals surface area contributed by atoms with Gasteiger partial charge in [-0.3, -0.25) is 9.89 Å². The van der Waals surface area contributed by atoms with E-state index in [1.54, 1.807) is 11.9 Å². The first kappa shape index (κ1) is 12.4.